The quantitative estimate of drug-likeness (QED) is 0.809. The van der Waals surface area contributed by atoms with Crippen LogP contribution in [0.2, 0.25) is 0 Å². The highest BCUT2D eigenvalue weighted by Crippen LogP contribution is 2.19. The summed E-state index contributed by atoms with van der Waals surface area (Å²) in [4.78, 5) is 0. The molecule has 4 heteroatoms. The van der Waals surface area contributed by atoms with E-state index >= 15 is 0 Å². The Balaban J connectivity index is 2.76. The Bertz CT molecular complexity index is 300. The summed E-state index contributed by atoms with van der Waals surface area (Å²) >= 11 is 0. The van der Waals surface area contributed by atoms with E-state index in [0.717, 1.165) is 12.1 Å². The van der Waals surface area contributed by atoms with Crippen molar-refractivity contribution in [3.05, 3.63) is 29.8 Å². The third kappa shape index (κ3) is 2.67. The van der Waals surface area contributed by atoms with Gasteiger partial charge in [-0.25, -0.2) is 8.78 Å². The van der Waals surface area contributed by atoms with Gasteiger partial charge in [0.2, 0.25) is 0 Å². The van der Waals surface area contributed by atoms with Gasteiger partial charge in [-0.15, -0.1) is 0 Å². The summed E-state index contributed by atoms with van der Waals surface area (Å²) in [5, 5.41) is 0. The predicted molar refractivity (Wildman–Crippen MR) is 50.1 cm³/mol. The molecule has 0 fully saturated rings. The number of benzene rings is 1. The Morgan fingerprint density at radius 2 is 2.14 bits per heavy atom. The van der Waals surface area contributed by atoms with Crippen LogP contribution in [-0.4, -0.2) is 12.6 Å². The molecule has 1 aromatic carbocycles. The van der Waals surface area contributed by atoms with E-state index in [1.807, 2.05) is 6.92 Å². The zero-order chi connectivity index (χ0) is 10.6. The standard InChI is InChI=1S/C10H13F2NO/c1-2-8(6-13)14-10-4-3-7(11)5-9(10)12/h3-5,8H,2,6,13H2,1H3. The Labute approximate surface area is 81.7 Å². The SMILES string of the molecule is CCC(CN)Oc1ccc(F)cc1F. The fourth-order valence-corrected chi connectivity index (χ4v) is 1.05. The zero-order valence-corrected chi connectivity index (χ0v) is 7.97. The lowest BCUT2D eigenvalue weighted by Gasteiger charge is -2.15. The average molecular weight is 201 g/mol. The van der Waals surface area contributed by atoms with Gasteiger partial charge in [-0.1, -0.05) is 6.92 Å². The van der Waals surface area contributed by atoms with Crippen LogP contribution in [0.25, 0.3) is 0 Å². The minimum Gasteiger partial charge on any atom is -0.486 e. The van der Waals surface area contributed by atoms with Crippen molar-refractivity contribution in [2.75, 3.05) is 6.54 Å². The van der Waals surface area contributed by atoms with E-state index < -0.39 is 11.6 Å². The van der Waals surface area contributed by atoms with Crippen LogP contribution in [0, 0.1) is 11.6 Å². The van der Waals surface area contributed by atoms with Gasteiger partial charge in [0.25, 0.3) is 0 Å². The third-order valence-electron chi connectivity index (χ3n) is 1.91. The minimum atomic E-state index is -0.697. The molecule has 1 aromatic rings. The average Bonchev–Trinajstić information content (AvgIpc) is 2.17. The third-order valence-corrected chi connectivity index (χ3v) is 1.91. The largest absolute Gasteiger partial charge is 0.486 e. The molecule has 0 aliphatic rings. The zero-order valence-electron chi connectivity index (χ0n) is 7.97. The van der Waals surface area contributed by atoms with Crippen molar-refractivity contribution < 1.29 is 13.5 Å². The van der Waals surface area contributed by atoms with Gasteiger partial charge in [-0.3, -0.25) is 0 Å². The van der Waals surface area contributed by atoms with E-state index in [2.05, 4.69) is 0 Å². The normalized spacial score (nSPS) is 12.6. The molecule has 0 radical (unpaired) electrons. The maximum Gasteiger partial charge on any atom is 0.167 e. The summed E-state index contributed by atoms with van der Waals surface area (Å²) in [6, 6.07) is 3.21. The van der Waals surface area contributed by atoms with Crippen molar-refractivity contribution in [2.24, 2.45) is 5.73 Å². The second-order valence-electron chi connectivity index (χ2n) is 2.96. The lowest BCUT2D eigenvalue weighted by atomic mass is 10.2. The molecule has 0 aliphatic heterocycles. The summed E-state index contributed by atoms with van der Waals surface area (Å²) < 4.78 is 30.8. The van der Waals surface area contributed by atoms with E-state index in [9.17, 15) is 8.78 Å². The van der Waals surface area contributed by atoms with Gasteiger partial charge in [-0.05, 0) is 18.6 Å². The van der Waals surface area contributed by atoms with E-state index in [4.69, 9.17) is 10.5 Å². The lowest BCUT2D eigenvalue weighted by Crippen LogP contribution is -2.26. The van der Waals surface area contributed by atoms with Crippen molar-refractivity contribution >= 4 is 0 Å². The Hall–Kier alpha value is -1.16. The van der Waals surface area contributed by atoms with Crippen LogP contribution in [0.3, 0.4) is 0 Å². The number of ether oxygens (including phenoxy) is 1. The Morgan fingerprint density at radius 1 is 1.43 bits per heavy atom. The molecule has 1 unspecified atom stereocenters. The molecule has 1 rings (SSSR count). The number of rotatable bonds is 4. The summed E-state index contributed by atoms with van der Waals surface area (Å²) in [5.41, 5.74) is 5.39. The highest BCUT2D eigenvalue weighted by Gasteiger charge is 2.10. The number of hydrogen-bond donors (Lipinski definition) is 1. The number of halogens is 2. The first-order valence-electron chi connectivity index (χ1n) is 4.49. The molecular formula is C10H13F2NO. The Kier molecular flexibility index (Phi) is 3.83. The van der Waals surface area contributed by atoms with Gasteiger partial charge in [0.05, 0.1) is 0 Å². The van der Waals surface area contributed by atoms with Crippen LogP contribution in [0.1, 0.15) is 13.3 Å². The summed E-state index contributed by atoms with van der Waals surface area (Å²) in [6.45, 7) is 2.20. The fraction of sp³-hybridized carbons (Fsp3) is 0.400. The monoisotopic (exact) mass is 201 g/mol. The molecule has 0 aliphatic carbocycles. The molecule has 78 valence electrons. The fourth-order valence-electron chi connectivity index (χ4n) is 1.05. The molecule has 0 saturated carbocycles. The van der Waals surface area contributed by atoms with Crippen molar-refractivity contribution in [1.29, 1.82) is 0 Å². The van der Waals surface area contributed by atoms with Crippen LogP contribution in [0.5, 0.6) is 5.75 Å². The molecule has 0 saturated heterocycles. The molecule has 0 bridgehead atoms. The molecular weight excluding hydrogens is 188 g/mol. The topological polar surface area (TPSA) is 35.2 Å². The first-order chi connectivity index (χ1) is 6.67. The highest BCUT2D eigenvalue weighted by atomic mass is 19.1. The first-order valence-corrected chi connectivity index (χ1v) is 4.49. The van der Waals surface area contributed by atoms with Gasteiger partial charge >= 0.3 is 0 Å². The van der Waals surface area contributed by atoms with Crippen LogP contribution in [0.4, 0.5) is 8.78 Å². The maximum absolute atomic E-state index is 13.1. The van der Waals surface area contributed by atoms with E-state index in [-0.39, 0.29) is 11.9 Å². The van der Waals surface area contributed by atoms with Crippen molar-refractivity contribution in [3.8, 4) is 5.75 Å². The summed E-state index contributed by atoms with van der Waals surface area (Å²) in [7, 11) is 0. The van der Waals surface area contributed by atoms with Gasteiger partial charge in [0.15, 0.2) is 11.6 Å². The van der Waals surface area contributed by atoms with Crippen LogP contribution in [-0.2, 0) is 0 Å². The van der Waals surface area contributed by atoms with Gasteiger partial charge in [0.1, 0.15) is 11.9 Å². The van der Waals surface area contributed by atoms with Crippen molar-refractivity contribution in [1.82, 2.24) is 0 Å². The van der Waals surface area contributed by atoms with Gasteiger partial charge in [0, 0.05) is 12.6 Å². The van der Waals surface area contributed by atoms with Crippen LogP contribution >= 0.6 is 0 Å². The van der Waals surface area contributed by atoms with Gasteiger partial charge < -0.3 is 10.5 Å². The molecule has 1 atom stereocenters. The first kappa shape index (κ1) is 10.9. The second kappa shape index (κ2) is 4.91. The van der Waals surface area contributed by atoms with Gasteiger partial charge in [-0.2, -0.15) is 0 Å². The van der Waals surface area contributed by atoms with Crippen molar-refractivity contribution in [2.45, 2.75) is 19.4 Å². The number of nitrogens with two attached hydrogens (primary N) is 1. The lowest BCUT2D eigenvalue weighted by molar-refractivity contribution is 0.196. The molecule has 2 N–H and O–H groups in total. The van der Waals surface area contributed by atoms with E-state index in [0.29, 0.717) is 13.0 Å². The van der Waals surface area contributed by atoms with E-state index in [1.165, 1.54) is 6.07 Å². The maximum atomic E-state index is 13.1. The second-order valence-corrected chi connectivity index (χ2v) is 2.96. The molecule has 0 amide bonds. The Morgan fingerprint density at radius 3 is 2.64 bits per heavy atom. The number of hydrogen-bond acceptors (Lipinski definition) is 2. The molecule has 2 nitrogen and oxygen atoms in total. The molecule has 0 heterocycles. The van der Waals surface area contributed by atoms with Crippen LogP contribution in [0.15, 0.2) is 18.2 Å². The summed E-state index contributed by atoms with van der Waals surface area (Å²) in [5.74, 6) is -1.27. The van der Waals surface area contributed by atoms with Crippen molar-refractivity contribution in [3.63, 3.8) is 0 Å². The minimum absolute atomic E-state index is 0.0451. The molecule has 0 spiro atoms. The smallest absolute Gasteiger partial charge is 0.167 e. The molecule has 0 aromatic heterocycles. The predicted octanol–water partition coefficient (Wildman–Crippen LogP) is 2.08. The highest BCUT2D eigenvalue weighted by molar-refractivity contribution is 5.24. The molecule has 14 heavy (non-hydrogen) atoms. The summed E-state index contributed by atoms with van der Waals surface area (Å²) in [6.07, 6.45) is 0.461. The van der Waals surface area contributed by atoms with E-state index in [1.54, 1.807) is 0 Å². The van der Waals surface area contributed by atoms with Crippen LogP contribution < -0.4 is 10.5 Å².